The predicted molar refractivity (Wildman–Crippen MR) is 129 cm³/mol. The van der Waals surface area contributed by atoms with Crippen LogP contribution in [0.25, 0.3) is 5.69 Å². The van der Waals surface area contributed by atoms with Crippen LogP contribution in [0.2, 0.25) is 0 Å². The van der Waals surface area contributed by atoms with Crippen LogP contribution in [0.5, 0.6) is 0 Å². The van der Waals surface area contributed by atoms with Gasteiger partial charge >= 0.3 is 0 Å². The Morgan fingerprint density at radius 2 is 1.78 bits per heavy atom. The molecule has 2 heterocycles. The summed E-state index contributed by atoms with van der Waals surface area (Å²) in [5.74, 6) is 1.13. The third kappa shape index (κ3) is 4.81. The monoisotopic (exact) mass is 451 g/mol. The molecule has 1 aliphatic rings. The van der Waals surface area contributed by atoms with Crippen molar-refractivity contribution in [1.82, 2.24) is 14.8 Å². The highest BCUT2D eigenvalue weighted by atomic mass is 32.2. The van der Waals surface area contributed by atoms with Gasteiger partial charge in [0.2, 0.25) is 11.9 Å². The van der Waals surface area contributed by atoms with E-state index in [0.29, 0.717) is 24.9 Å². The number of benzene rings is 2. The zero-order valence-electron chi connectivity index (χ0n) is 18.8. The summed E-state index contributed by atoms with van der Waals surface area (Å²) < 4.78 is 7.55. The van der Waals surface area contributed by atoms with Crippen molar-refractivity contribution >= 4 is 29.3 Å². The number of carbonyl (C=O) groups is 1. The number of hydrogen-bond acceptors (Lipinski definition) is 6. The summed E-state index contributed by atoms with van der Waals surface area (Å²) in [7, 11) is 0. The number of thioether (sulfide) groups is 1. The maximum Gasteiger partial charge on any atom is 0.237 e. The number of hydrogen-bond donors (Lipinski definition) is 0. The molecule has 1 amide bonds. The number of morpholine rings is 1. The highest BCUT2D eigenvalue weighted by Gasteiger charge is 2.23. The van der Waals surface area contributed by atoms with Gasteiger partial charge in [-0.1, -0.05) is 47.7 Å². The van der Waals surface area contributed by atoms with E-state index in [2.05, 4.69) is 46.3 Å². The smallest absolute Gasteiger partial charge is 0.237 e. The second kappa shape index (κ2) is 10.2. The van der Waals surface area contributed by atoms with Crippen molar-refractivity contribution in [2.45, 2.75) is 25.9 Å². The second-order valence-electron chi connectivity index (χ2n) is 7.77. The summed E-state index contributed by atoms with van der Waals surface area (Å²) in [4.78, 5) is 17.1. The van der Waals surface area contributed by atoms with Crippen LogP contribution in [0.15, 0.2) is 53.7 Å². The minimum atomic E-state index is 0.0539. The molecule has 0 atom stereocenters. The molecule has 3 aromatic rings. The maximum atomic E-state index is 13.1. The molecule has 1 aromatic heterocycles. The zero-order chi connectivity index (χ0) is 22.5. The molecule has 0 spiro atoms. The molecule has 0 bridgehead atoms. The lowest BCUT2D eigenvalue weighted by atomic mass is 10.2. The molecule has 168 valence electrons. The van der Waals surface area contributed by atoms with Gasteiger partial charge in [-0.2, -0.15) is 0 Å². The van der Waals surface area contributed by atoms with Gasteiger partial charge in [-0.3, -0.25) is 9.36 Å². The second-order valence-corrected chi connectivity index (χ2v) is 8.71. The number of carbonyl (C=O) groups excluding carboxylic acids is 1. The highest BCUT2D eigenvalue weighted by Crippen LogP contribution is 2.28. The third-order valence-electron chi connectivity index (χ3n) is 5.55. The van der Waals surface area contributed by atoms with Crippen molar-refractivity contribution in [3.63, 3.8) is 0 Å². The SMILES string of the molecule is CCN(C(=O)CSc1nnc(N2CCOCC2)n1-c1ccc(C)cc1)c1ccccc1C. The summed E-state index contributed by atoms with van der Waals surface area (Å²) in [6.45, 7) is 9.59. The Kier molecular flexibility index (Phi) is 7.12. The quantitative estimate of drug-likeness (QED) is 0.508. The third-order valence-corrected chi connectivity index (χ3v) is 6.46. The fraction of sp³-hybridized carbons (Fsp3) is 0.375. The van der Waals surface area contributed by atoms with Crippen LogP contribution in [0.3, 0.4) is 0 Å². The molecule has 1 fully saturated rings. The van der Waals surface area contributed by atoms with Crippen LogP contribution in [0.4, 0.5) is 11.6 Å². The molecule has 0 aliphatic carbocycles. The number of para-hydroxylation sites is 1. The molecule has 0 saturated carbocycles. The van der Waals surface area contributed by atoms with Crippen LogP contribution < -0.4 is 9.80 Å². The molecule has 1 aliphatic heterocycles. The van der Waals surface area contributed by atoms with Crippen molar-refractivity contribution in [2.75, 3.05) is 48.4 Å². The number of anilines is 2. The molecule has 0 N–H and O–H groups in total. The first-order valence-corrected chi connectivity index (χ1v) is 11.9. The Morgan fingerprint density at radius 3 is 2.47 bits per heavy atom. The largest absolute Gasteiger partial charge is 0.378 e. The number of ether oxygens (including phenoxy) is 1. The fourth-order valence-electron chi connectivity index (χ4n) is 3.80. The van der Waals surface area contributed by atoms with Gasteiger partial charge in [0.1, 0.15) is 0 Å². The Bertz CT molecular complexity index is 1060. The zero-order valence-corrected chi connectivity index (χ0v) is 19.6. The molecule has 2 aromatic carbocycles. The summed E-state index contributed by atoms with van der Waals surface area (Å²) in [5, 5.41) is 9.66. The molecule has 8 heteroatoms. The lowest BCUT2D eigenvalue weighted by Gasteiger charge is -2.28. The Morgan fingerprint density at radius 1 is 1.06 bits per heavy atom. The first kappa shape index (κ1) is 22.4. The molecule has 7 nitrogen and oxygen atoms in total. The van der Waals surface area contributed by atoms with Gasteiger partial charge in [-0.15, -0.1) is 10.2 Å². The average molecular weight is 452 g/mol. The fourth-order valence-corrected chi connectivity index (χ4v) is 4.62. The van der Waals surface area contributed by atoms with E-state index in [9.17, 15) is 4.79 Å². The van der Waals surface area contributed by atoms with Crippen LogP contribution >= 0.6 is 11.8 Å². The van der Waals surface area contributed by atoms with Crippen molar-refractivity contribution in [1.29, 1.82) is 0 Å². The lowest BCUT2D eigenvalue weighted by molar-refractivity contribution is -0.116. The summed E-state index contributed by atoms with van der Waals surface area (Å²) in [6.07, 6.45) is 0. The van der Waals surface area contributed by atoms with Crippen molar-refractivity contribution < 1.29 is 9.53 Å². The normalized spacial score (nSPS) is 13.9. The molecule has 1 saturated heterocycles. The van der Waals surface area contributed by atoms with E-state index in [1.165, 1.54) is 17.3 Å². The van der Waals surface area contributed by atoms with Crippen LogP contribution in [-0.4, -0.2) is 59.3 Å². The predicted octanol–water partition coefficient (Wildman–Crippen LogP) is 3.87. The van der Waals surface area contributed by atoms with Gasteiger partial charge in [0.25, 0.3) is 0 Å². The maximum absolute atomic E-state index is 13.1. The molecular weight excluding hydrogens is 422 g/mol. The van der Waals surface area contributed by atoms with Crippen LogP contribution in [0, 0.1) is 13.8 Å². The number of aryl methyl sites for hydroxylation is 2. The standard InChI is InChI=1S/C24H29N5O2S/c1-4-28(21-8-6-5-7-19(21)3)22(30)17-32-24-26-25-23(27-13-15-31-16-14-27)29(24)20-11-9-18(2)10-12-20/h5-12H,4,13-17H2,1-3H3. The molecule has 32 heavy (non-hydrogen) atoms. The first-order valence-electron chi connectivity index (χ1n) is 10.9. The van der Waals surface area contributed by atoms with E-state index in [-0.39, 0.29) is 11.7 Å². The number of nitrogens with zero attached hydrogens (tertiary/aromatic N) is 5. The van der Waals surface area contributed by atoms with Crippen LogP contribution in [-0.2, 0) is 9.53 Å². The van der Waals surface area contributed by atoms with Crippen LogP contribution in [0.1, 0.15) is 18.1 Å². The van der Waals surface area contributed by atoms with E-state index >= 15 is 0 Å². The highest BCUT2D eigenvalue weighted by molar-refractivity contribution is 7.99. The van der Waals surface area contributed by atoms with Crippen molar-refractivity contribution in [3.05, 3.63) is 59.7 Å². The van der Waals surface area contributed by atoms with E-state index in [1.807, 2.05) is 47.6 Å². The van der Waals surface area contributed by atoms with Crippen molar-refractivity contribution in [2.24, 2.45) is 0 Å². The minimum absolute atomic E-state index is 0.0539. The topological polar surface area (TPSA) is 63.5 Å². The molecule has 0 unspecified atom stereocenters. The first-order chi connectivity index (χ1) is 15.6. The van der Waals surface area contributed by atoms with E-state index < -0.39 is 0 Å². The van der Waals surface area contributed by atoms with Gasteiger partial charge in [0, 0.05) is 25.3 Å². The summed E-state index contributed by atoms with van der Waals surface area (Å²) >= 11 is 1.42. The van der Waals surface area contributed by atoms with Gasteiger partial charge in [-0.25, -0.2) is 0 Å². The van der Waals surface area contributed by atoms with Crippen molar-refractivity contribution in [3.8, 4) is 5.69 Å². The minimum Gasteiger partial charge on any atom is -0.378 e. The lowest BCUT2D eigenvalue weighted by Crippen LogP contribution is -2.38. The summed E-state index contributed by atoms with van der Waals surface area (Å²) in [6, 6.07) is 16.3. The Hall–Kier alpha value is -2.84. The number of rotatable bonds is 7. The molecule has 0 radical (unpaired) electrons. The van der Waals surface area contributed by atoms with E-state index in [0.717, 1.165) is 36.0 Å². The van der Waals surface area contributed by atoms with E-state index in [4.69, 9.17) is 4.74 Å². The number of aromatic nitrogens is 3. The summed E-state index contributed by atoms with van der Waals surface area (Å²) in [5.41, 5.74) is 4.22. The Balaban J connectivity index is 1.59. The molecule has 4 rings (SSSR count). The van der Waals surface area contributed by atoms with E-state index in [1.54, 1.807) is 0 Å². The van der Waals surface area contributed by atoms with Gasteiger partial charge in [0.15, 0.2) is 5.16 Å². The molecular formula is C24H29N5O2S. The van der Waals surface area contributed by atoms with Gasteiger partial charge in [0.05, 0.1) is 24.7 Å². The Labute approximate surface area is 193 Å². The van der Waals surface area contributed by atoms with Gasteiger partial charge < -0.3 is 14.5 Å². The number of amides is 1. The average Bonchev–Trinajstić information content (AvgIpc) is 3.24. The van der Waals surface area contributed by atoms with Gasteiger partial charge in [-0.05, 0) is 44.5 Å².